The molecule has 1 amide bonds. The van der Waals surface area contributed by atoms with Gasteiger partial charge in [0.15, 0.2) is 0 Å². The largest absolute Gasteiger partial charge is 0.417 e. The van der Waals surface area contributed by atoms with E-state index in [0.29, 0.717) is 13.1 Å². The molecule has 0 bridgehead atoms. The van der Waals surface area contributed by atoms with Crippen molar-refractivity contribution in [2.45, 2.75) is 26.1 Å². The topological polar surface area (TPSA) is 41.1 Å². The molecule has 0 unspecified atom stereocenters. The van der Waals surface area contributed by atoms with Crippen molar-refractivity contribution in [1.29, 1.82) is 0 Å². The Balaban J connectivity index is 1.84. The number of nitrogens with one attached hydrogen (secondary N) is 2. The van der Waals surface area contributed by atoms with Crippen LogP contribution in [0.1, 0.15) is 23.1 Å². The molecular formula is C18H18ClF3N2O. The summed E-state index contributed by atoms with van der Waals surface area (Å²) in [5, 5.41) is 5.20. The predicted octanol–water partition coefficient (Wildman–Crippen LogP) is 4.79. The molecule has 0 fully saturated rings. The molecule has 0 spiro atoms. The lowest BCUT2D eigenvalue weighted by Gasteiger charge is -2.12. The van der Waals surface area contributed by atoms with Crippen LogP contribution in [0.5, 0.6) is 0 Å². The van der Waals surface area contributed by atoms with Gasteiger partial charge in [0.25, 0.3) is 0 Å². The fourth-order valence-corrected chi connectivity index (χ4v) is 2.50. The van der Waals surface area contributed by atoms with Gasteiger partial charge in [-0.1, -0.05) is 35.9 Å². The van der Waals surface area contributed by atoms with Crippen molar-refractivity contribution >= 4 is 23.2 Å². The number of hydrogen-bond acceptors (Lipinski definition) is 2. The Morgan fingerprint density at radius 2 is 1.88 bits per heavy atom. The molecule has 0 saturated heterocycles. The van der Waals surface area contributed by atoms with Crippen LogP contribution in [0, 0.1) is 6.92 Å². The van der Waals surface area contributed by atoms with Crippen molar-refractivity contribution < 1.29 is 18.0 Å². The number of rotatable bonds is 6. The zero-order valence-corrected chi connectivity index (χ0v) is 14.3. The van der Waals surface area contributed by atoms with Crippen LogP contribution in [0.15, 0.2) is 42.5 Å². The number of hydrogen-bond donors (Lipinski definition) is 2. The fraction of sp³-hybridized carbons (Fsp3) is 0.278. The molecule has 2 N–H and O–H groups in total. The molecule has 0 aliphatic rings. The van der Waals surface area contributed by atoms with Gasteiger partial charge in [0.1, 0.15) is 0 Å². The van der Waals surface area contributed by atoms with Crippen molar-refractivity contribution in [2.75, 3.05) is 11.9 Å². The number of anilines is 1. The first-order valence-corrected chi connectivity index (χ1v) is 8.07. The molecule has 2 aromatic carbocycles. The fourth-order valence-electron chi connectivity index (χ4n) is 2.28. The molecule has 0 atom stereocenters. The molecule has 25 heavy (non-hydrogen) atoms. The van der Waals surface area contributed by atoms with Gasteiger partial charge in [0.2, 0.25) is 5.91 Å². The molecule has 0 saturated carbocycles. The molecular weight excluding hydrogens is 353 g/mol. The lowest BCUT2D eigenvalue weighted by atomic mass is 10.1. The van der Waals surface area contributed by atoms with Crippen LogP contribution < -0.4 is 10.6 Å². The van der Waals surface area contributed by atoms with Crippen LogP contribution in [0.2, 0.25) is 5.02 Å². The van der Waals surface area contributed by atoms with E-state index < -0.39 is 16.8 Å². The van der Waals surface area contributed by atoms with Crippen molar-refractivity contribution in [3.63, 3.8) is 0 Å². The van der Waals surface area contributed by atoms with E-state index in [1.165, 1.54) is 6.07 Å². The average molecular weight is 371 g/mol. The minimum atomic E-state index is -4.56. The maximum absolute atomic E-state index is 12.8. The Hall–Kier alpha value is -2.05. The molecule has 0 heterocycles. The quantitative estimate of drug-likeness (QED) is 0.718. The molecule has 2 aromatic rings. The maximum atomic E-state index is 12.8. The number of benzene rings is 2. The van der Waals surface area contributed by atoms with E-state index in [0.717, 1.165) is 23.3 Å². The monoisotopic (exact) mass is 370 g/mol. The zero-order valence-electron chi connectivity index (χ0n) is 13.6. The van der Waals surface area contributed by atoms with Crippen molar-refractivity contribution in [1.82, 2.24) is 5.32 Å². The van der Waals surface area contributed by atoms with Crippen LogP contribution in [-0.2, 0) is 17.5 Å². The summed E-state index contributed by atoms with van der Waals surface area (Å²) in [4.78, 5) is 11.9. The number of carbonyl (C=O) groups is 1. The Morgan fingerprint density at radius 3 is 2.56 bits per heavy atom. The van der Waals surface area contributed by atoms with Crippen LogP contribution in [0.3, 0.4) is 0 Å². The van der Waals surface area contributed by atoms with Gasteiger partial charge in [-0.05, 0) is 36.2 Å². The molecule has 134 valence electrons. The molecule has 7 heteroatoms. The second-order valence-corrected chi connectivity index (χ2v) is 6.00. The first-order valence-electron chi connectivity index (χ1n) is 7.69. The van der Waals surface area contributed by atoms with E-state index in [1.54, 1.807) is 0 Å². The minimum Gasteiger partial charge on any atom is -0.326 e. The third kappa shape index (κ3) is 5.76. The lowest BCUT2D eigenvalue weighted by Crippen LogP contribution is -2.22. The van der Waals surface area contributed by atoms with Gasteiger partial charge in [-0.15, -0.1) is 0 Å². The van der Waals surface area contributed by atoms with E-state index in [9.17, 15) is 18.0 Å². The van der Waals surface area contributed by atoms with Gasteiger partial charge in [-0.2, -0.15) is 13.2 Å². The van der Waals surface area contributed by atoms with Gasteiger partial charge in [0.05, 0.1) is 10.6 Å². The molecule has 0 radical (unpaired) electrons. The Bertz CT molecular complexity index is 747. The summed E-state index contributed by atoms with van der Waals surface area (Å²) in [6, 6.07) is 11.2. The van der Waals surface area contributed by atoms with Gasteiger partial charge in [0, 0.05) is 25.2 Å². The van der Waals surface area contributed by atoms with Crippen molar-refractivity contribution in [2.24, 2.45) is 0 Å². The number of aryl methyl sites for hydroxylation is 1. The van der Waals surface area contributed by atoms with Crippen LogP contribution in [0.4, 0.5) is 18.9 Å². The van der Waals surface area contributed by atoms with Gasteiger partial charge < -0.3 is 10.6 Å². The average Bonchev–Trinajstić information content (AvgIpc) is 2.54. The lowest BCUT2D eigenvalue weighted by molar-refractivity contribution is -0.137. The van der Waals surface area contributed by atoms with E-state index in [1.807, 2.05) is 31.2 Å². The highest BCUT2D eigenvalue weighted by atomic mass is 35.5. The van der Waals surface area contributed by atoms with Gasteiger partial charge in [-0.25, -0.2) is 0 Å². The third-order valence-corrected chi connectivity index (χ3v) is 3.99. The van der Waals surface area contributed by atoms with E-state index in [4.69, 9.17) is 11.6 Å². The Kier molecular flexibility index (Phi) is 6.45. The van der Waals surface area contributed by atoms with Crippen molar-refractivity contribution in [3.05, 3.63) is 64.2 Å². The molecule has 2 rings (SSSR count). The summed E-state index contributed by atoms with van der Waals surface area (Å²) in [5.74, 6) is -0.368. The van der Waals surface area contributed by atoms with Gasteiger partial charge in [-0.3, -0.25) is 4.79 Å². The Morgan fingerprint density at radius 1 is 1.16 bits per heavy atom. The summed E-state index contributed by atoms with van der Waals surface area (Å²) in [5.41, 5.74) is 1.39. The first-order chi connectivity index (χ1) is 11.8. The van der Waals surface area contributed by atoms with E-state index in [2.05, 4.69) is 10.6 Å². The van der Waals surface area contributed by atoms with E-state index in [-0.39, 0.29) is 18.0 Å². The summed E-state index contributed by atoms with van der Waals surface area (Å²) >= 11 is 5.55. The summed E-state index contributed by atoms with van der Waals surface area (Å²) in [7, 11) is 0. The predicted molar refractivity (Wildman–Crippen MR) is 92.6 cm³/mol. The molecule has 0 aliphatic heterocycles. The maximum Gasteiger partial charge on any atom is 0.417 e. The second-order valence-electron chi connectivity index (χ2n) is 5.59. The second kappa shape index (κ2) is 8.36. The van der Waals surface area contributed by atoms with Crippen LogP contribution in [-0.4, -0.2) is 12.5 Å². The summed E-state index contributed by atoms with van der Waals surface area (Å²) < 4.78 is 38.4. The Labute approximate surface area is 149 Å². The van der Waals surface area contributed by atoms with Crippen molar-refractivity contribution in [3.8, 4) is 0 Å². The molecule has 0 aromatic heterocycles. The zero-order chi connectivity index (χ0) is 18.4. The summed E-state index contributed by atoms with van der Waals surface area (Å²) in [6.45, 7) is 3.04. The first kappa shape index (κ1) is 19.3. The highest BCUT2D eigenvalue weighted by Crippen LogP contribution is 2.36. The highest BCUT2D eigenvalue weighted by Gasteiger charge is 2.33. The normalized spacial score (nSPS) is 11.4. The third-order valence-electron chi connectivity index (χ3n) is 3.66. The summed E-state index contributed by atoms with van der Waals surface area (Å²) in [6.07, 6.45) is -4.41. The smallest absolute Gasteiger partial charge is 0.326 e. The van der Waals surface area contributed by atoms with Gasteiger partial charge >= 0.3 is 6.18 Å². The van der Waals surface area contributed by atoms with Crippen LogP contribution >= 0.6 is 11.6 Å². The number of carbonyl (C=O) groups excluding carboxylic acids is 1. The molecule has 0 aliphatic carbocycles. The SMILES string of the molecule is Cc1ccccc1CNCCC(=O)Nc1ccc(Cl)c(C(F)(F)F)c1. The number of amides is 1. The number of alkyl halides is 3. The minimum absolute atomic E-state index is 0.0700. The molecule has 3 nitrogen and oxygen atoms in total. The number of halogens is 4. The highest BCUT2D eigenvalue weighted by molar-refractivity contribution is 6.31. The van der Waals surface area contributed by atoms with E-state index >= 15 is 0 Å². The van der Waals surface area contributed by atoms with Crippen LogP contribution in [0.25, 0.3) is 0 Å². The standard InChI is InChI=1S/C18H18ClF3N2O/c1-12-4-2-3-5-13(12)11-23-9-8-17(25)24-14-6-7-16(19)15(10-14)18(20,21)22/h2-7,10,23H,8-9,11H2,1H3,(H,24,25).